The molecule has 0 aliphatic heterocycles. The number of imidazole rings is 1. The van der Waals surface area contributed by atoms with Crippen molar-refractivity contribution in [3.63, 3.8) is 0 Å². The predicted octanol–water partition coefficient (Wildman–Crippen LogP) is 2.00. The number of rotatable bonds is 4. The van der Waals surface area contributed by atoms with Crippen LogP contribution in [-0.4, -0.2) is 38.1 Å². The van der Waals surface area contributed by atoms with Crippen molar-refractivity contribution >= 4 is 38.8 Å². The van der Waals surface area contributed by atoms with Crippen molar-refractivity contribution < 1.29 is 14.7 Å². The number of pyridine rings is 1. The molecule has 2 aromatic heterocycles. The average molecular weight is 375 g/mol. The molecule has 2 heterocycles. The number of amides is 1. The quantitative estimate of drug-likeness (QED) is 0.727. The third kappa shape index (κ3) is 3.07. The van der Waals surface area contributed by atoms with Crippen LogP contribution in [0.1, 0.15) is 10.5 Å². The van der Waals surface area contributed by atoms with Gasteiger partial charge in [0.15, 0.2) is 5.69 Å². The van der Waals surface area contributed by atoms with E-state index in [1.165, 1.54) is 6.20 Å². The van der Waals surface area contributed by atoms with E-state index in [-0.39, 0.29) is 5.69 Å². The Hall–Kier alpha value is -2.74. The van der Waals surface area contributed by atoms with Gasteiger partial charge in [-0.3, -0.25) is 14.2 Å². The second-order valence-electron chi connectivity index (χ2n) is 4.69. The maximum Gasteiger partial charge on any atom is 0.322 e. The zero-order valence-electron chi connectivity index (χ0n) is 11.7. The van der Waals surface area contributed by atoms with Crippen LogP contribution in [0, 0.1) is 0 Å². The number of hydrogen-bond donors (Lipinski definition) is 2. The van der Waals surface area contributed by atoms with Crippen LogP contribution in [0.5, 0.6) is 0 Å². The molecule has 0 spiro atoms. The highest BCUT2D eigenvalue weighted by Crippen LogP contribution is 2.21. The van der Waals surface area contributed by atoms with Crippen molar-refractivity contribution in [2.45, 2.75) is 0 Å². The minimum absolute atomic E-state index is 0.0969. The summed E-state index contributed by atoms with van der Waals surface area (Å²) in [6.07, 6.45) is 3.10. The number of hydrogen-bond acceptors (Lipinski definition) is 4. The molecule has 0 aliphatic rings. The number of carbonyl (C=O) groups excluding carboxylic acids is 1. The maximum atomic E-state index is 12.1. The van der Waals surface area contributed by atoms with Crippen LogP contribution in [0.2, 0.25) is 0 Å². The molecule has 23 heavy (non-hydrogen) atoms. The molecule has 1 amide bonds. The van der Waals surface area contributed by atoms with Gasteiger partial charge >= 0.3 is 5.97 Å². The molecule has 2 N–H and O–H groups in total. The van der Waals surface area contributed by atoms with Gasteiger partial charge in [-0.2, -0.15) is 0 Å². The first-order valence-electron chi connectivity index (χ1n) is 6.64. The molecule has 116 valence electrons. The second kappa shape index (κ2) is 6.17. The van der Waals surface area contributed by atoms with Crippen LogP contribution in [0.3, 0.4) is 0 Å². The highest BCUT2D eigenvalue weighted by Gasteiger charge is 2.16. The van der Waals surface area contributed by atoms with Gasteiger partial charge in [0.25, 0.3) is 5.91 Å². The number of carboxylic acids is 1. The third-order valence-electron chi connectivity index (χ3n) is 3.18. The Labute approximate surface area is 139 Å². The molecule has 0 unspecified atom stereocenters. The van der Waals surface area contributed by atoms with Crippen LogP contribution in [-0.2, 0) is 4.79 Å². The number of carbonyl (C=O) groups is 2. The molecule has 8 heteroatoms. The Bertz CT molecular complexity index is 889. The van der Waals surface area contributed by atoms with Crippen molar-refractivity contribution in [2.24, 2.45) is 0 Å². The summed E-state index contributed by atoms with van der Waals surface area (Å²) in [5.74, 6) is -1.69. The number of aliphatic carboxylic acids is 1. The van der Waals surface area contributed by atoms with Crippen molar-refractivity contribution in [3.05, 3.63) is 53.0 Å². The molecule has 0 atom stereocenters. The van der Waals surface area contributed by atoms with E-state index in [2.05, 4.69) is 31.2 Å². The van der Waals surface area contributed by atoms with Crippen LogP contribution >= 0.6 is 15.9 Å². The van der Waals surface area contributed by atoms with E-state index in [1.54, 1.807) is 12.4 Å². The molecule has 7 nitrogen and oxygen atoms in total. The molecule has 0 radical (unpaired) electrons. The average Bonchev–Trinajstić information content (AvgIpc) is 2.97. The molecular formula is C15H11BrN4O3. The van der Waals surface area contributed by atoms with Gasteiger partial charge in [-0.1, -0.05) is 15.9 Å². The summed E-state index contributed by atoms with van der Waals surface area (Å²) >= 11 is 3.38. The Morgan fingerprint density at radius 2 is 1.91 bits per heavy atom. The fourth-order valence-electron chi connectivity index (χ4n) is 2.16. The topological polar surface area (TPSA) is 97.1 Å². The lowest BCUT2D eigenvalue weighted by molar-refractivity contribution is -0.135. The third-order valence-corrected chi connectivity index (χ3v) is 3.71. The van der Waals surface area contributed by atoms with Crippen molar-refractivity contribution in [1.82, 2.24) is 19.9 Å². The summed E-state index contributed by atoms with van der Waals surface area (Å²) in [5.41, 5.74) is 2.11. The standard InChI is InChI=1S/C15H11BrN4O3/c16-9-1-3-10(4-2-9)20-8-19-13-11(20)5-6-17-14(13)15(23)18-7-12(21)22/h1-6,8H,7H2,(H,18,23)(H,21,22). The Kier molecular flexibility index (Phi) is 4.07. The minimum atomic E-state index is -1.12. The van der Waals surface area contributed by atoms with E-state index < -0.39 is 18.4 Å². The largest absolute Gasteiger partial charge is 0.480 e. The van der Waals surface area contributed by atoms with Gasteiger partial charge in [0, 0.05) is 16.4 Å². The first-order valence-corrected chi connectivity index (χ1v) is 7.43. The summed E-state index contributed by atoms with van der Waals surface area (Å²) in [6.45, 7) is -0.468. The molecule has 3 rings (SSSR count). The van der Waals surface area contributed by atoms with Gasteiger partial charge in [-0.25, -0.2) is 9.97 Å². The number of fused-ring (bicyclic) bond motifs is 1. The Morgan fingerprint density at radius 3 is 2.61 bits per heavy atom. The predicted molar refractivity (Wildman–Crippen MR) is 86.5 cm³/mol. The minimum Gasteiger partial charge on any atom is -0.480 e. The molecule has 0 saturated carbocycles. The van der Waals surface area contributed by atoms with Gasteiger partial charge in [-0.05, 0) is 30.3 Å². The van der Waals surface area contributed by atoms with Crippen LogP contribution < -0.4 is 5.32 Å². The zero-order valence-corrected chi connectivity index (χ0v) is 13.3. The number of aromatic nitrogens is 3. The maximum absolute atomic E-state index is 12.1. The zero-order chi connectivity index (χ0) is 16.4. The Morgan fingerprint density at radius 1 is 1.17 bits per heavy atom. The molecule has 0 saturated heterocycles. The normalized spacial score (nSPS) is 10.7. The van der Waals surface area contributed by atoms with Crippen LogP contribution in [0.15, 0.2) is 47.3 Å². The molecule has 3 aromatic rings. The highest BCUT2D eigenvalue weighted by molar-refractivity contribution is 9.10. The fourth-order valence-corrected chi connectivity index (χ4v) is 2.42. The van der Waals surface area contributed by atoms with E-state index in [0.717, 1.165) is 10.2 Å². The number of nitrogens with zero attached hydrogens (tertiary/aromatic N) is 3. The van der Waals surface area contributed by atoms with E-state index in [1.807, 2.05) is 28.8 Å². The number of nitrogens with one attached hydrogen (secondary N) is 1. The smallest absolute Gasteiger partial charge is 0.322 e. The number of halogens is 1. The lowest BCUT2D eigenvalue weighted by Crippen LogP contribution is -2.30. The van der Waals surface area contributed by atoms with Gasteiger partial charge in [0.1, 0.15) is 18.4 Å². The highest BCUT2D eigenvalue weighted by atomic mass is 79.9. The van der Waals surface area contributed by atoms with Gasteiger partial charge in [0.05, 0.1) is 5.52 Å². The molecule has 0 fully saturated rings. The van der Waals surface area contributed by atoms with E-state index in [9.17, 15) is 9.59 Å². The van der Waals surface area contributed by atoms with Gasteiger partial charge < -0.3 is 10.4 Å². The summed E-state index contributed by atoms with van der Waals surface area (Å²) in [5, 5.41) is 10.9. The Balaban J connectivity index is 2.02. The van der Waals surface area contributed by atoms with Crippen LogP contribution in [0.25, 0.3) is 16.7 Å². The summed E-state index contributed by atoms with van der Waals surface area (Å²) in [4.78, 5) is 30.9. The molecule has 0 bridgehead atoms. The van der Waals surface area contributed by atoms with E-state index in [4.69, 9.17) is 5.11 Å². The van der Waals surface area contributed by atoms with E-state index >= 15 is 0 Å². The molecule has 1 aromatic carbocycles. The fraction of sp³-hybridized carbons (Fsp3) is 0.0667. The first kappa shape index (κ1) is 15.2. The summed E-state index contributed by atoms with van der Waals surface area (Å²) in [6, 6.07) is 9.38. The molecular weight excluding hydrogens is 364 g/mol. The SMILES string of the molecule is O=C(O)CNC(=O)c1nccc2c1ncn2-c1ccc(Br)cc1. The van der Waals surface area contributed by atoms with E-state index in [0.29, 0.717) is 11.0 Å². The van der Waals surface area contributed by atoms with Gasteiger partial charge in [-0.15, -0.1) is 0 Å². The molecule has 0 aliphatic carbocycles. The lowest BCUT2D eigenvalue weighted by Gasteiger charge is -2.05. The first-order chi connectivity index (χ1) is 11.1. The lowest BCUT2D eigenvalue weighted by atomic mass is 10.2. The summed E-state index contributed by atoms with van der Waals surface area (Å²) < 4.78 is 2.79. The number of carboxylic acid groups (broad SMARTS) is 1. The van der Waals surface area contributed by atoms with Crippen molar-refractivity contribution in [1.29, 1.82) is 0 Å². The van der Waals surface area contributed by atoms with Gasteiger partial charge in [0.2, 0.25) is 0 Å². The second-order valence-corrected chi connectivity index (χ2v) is 5.61. The van der Waals surface area contributed by atoms with Crippen molar-refractivity contribution in [2.75, 3.05) is 6.54 Å². The summed E-state index contributed by atoms with van der Waals surface area (Å²) in [7, 11) is 0. The monoisotopic (exact) mass is 374 g/mol. The van der Waals surface area contributed by atoms with Crippen molar-refractivity contribution in [3.8, 4) is 5.69 Å². The van der Waals surface area contributed by atoms with Crippen LogP contribution in [0.4, 0.5) is 0 Å². The number of benzene rings is 1.